The van der Waals surface area contributed by atoms with Crippen LogP contribution in [0.3, 0.4) is 0 Å². The maximum Gasteiger partial charge on any atom is 0.284 e. The lowest BCUT2D eigenvalue weighted by molar-refractivity contribution is 0.0984. The molecule has 0 spiro atoms. The molecule has 146 valence electrons. The van der Waals surface area contributed by atoms with Crippen molar-refractivity contribution in [1.82, 2.24) is 4.98 Å². The first-order valence-corrected chi connectivity index (χ1v) is 9.51. The van der Waals surface area contributed by atoms with Crippen LogP contribution >= 0.6 is 11.3 Å². The van der Waals surface area contributed by atoms with Gasteiger partial charge in [-0.15, -0.1) is 0 Å². The molecule has 0 atom stereocenters. The highest BCUT2D eigenvalue weighted by Crippen LogP contribution is 2.34. The molecule has 0 radical (unpaired) electrons. The number of hydrazone groups is 1. The van der Waals surface area contributed by atoms with Crippen LogP contribution in [-0.4, -0.2) is 31.3 Å². The number of benzene rings is 2. The monoisotopic (exact) mass is 407 g/mol. The molecule has 0 aliphatic rings. The molecule has 2 aromatic heterocycles. The third-order valence-electron chi connectivity index (χ3n) is 4.13. The summed E-state index contributed by atoms with van der Waals surface area (Å²) in [6.07, 6.45) is 3.01. The number of amides is 1. The highest BCUT2D eigenvalue weighted by atomic mass is 32.1. The van der Waals surface area contributed by atoms with E-state index in [1.165, 1.54) is 43.0 Å². The Morgan fingerprint density at radius 1 is 1.10 bits per heavy atom. The summed E-state index contributed by atoms with van der Waals surface area (Å²) in [6.45, 7) is 0. The number of anilines is 1. The number of carbonyl (C=O) groups excluding carboxylic acids is 1. The predicted octanol–water partition coefficient (Wildman–Crippen LogP) is 4.59. The molecule has 0 N–H and O–H groups in total. The summed E-state index contributed by atoms with van der Waals surface area (Å²) in [5.41, 5.74) is 1.10. The molecule has 0 bridgehead atoms. The van der Waals surface area contributed by atoms with Gasteiger partial charge in [0.05, 0.1) is 42.5 Å². The van der Waals surface area contributed by atoms with E-state index in [-0.39, 0.29) is 0 Å². The van der Waals surface area contributed by atoms with Crippen LogP contribution in [0.15, 0.2) is 70.4 Å². The van der Waals surface area contributed by atoms with Crippen molar-refractivity contribution in [2.24, 2.45) is 5.10 Å². The first-order chi connectivity index (χ1) is 14.2. The highest BCUT2D eigenvalue weighted by Gasteiger charge is 2.25. The fourth-order valence-electron chi connectivity index (χ4n) is 2.79. The Bertz CT molecular complexity index is 1130. The van der Waals surface area contributed by atoms with Gasteiger partial charge in [-0.05, 0) is 36.4 Å². The maximum atomic E-state index is 13.4. The van der Waals surface area contributed by atoms with Gasteiger partial charge in [-0.25, -0.2) is 4.98 Å². The number of para-hydroxylation sites is 2. The number of hydrogen-bond donors (Lipinski definition) is 0. The minimum Gasteiger partial charge on any atom is -0.493 e. The van der Waals surface area contributed by atoms with Crippen LogP contribution < -0.4 is 14.5 Å². The summed E-state index contributed by atoms with van der Waals surface area (Å²) < 4.78 is 17.0. The summed E-state index contributed by atoms with van der Waals surface area (Å²) in [5, 5.41) is 6.03. The van der Waals surface area contributed by atoms with E-state index in [4.69, 9.17) is 13.9 Å². The van der Waals surface area contributed by atoms with E-state index >= 15 is 0 Å². The Balaban J connectivity index is 1.80. The Kier molecular flexibility index (Phi) is 5.26. The molecule has 29 heavy (non-hydrogen) atoms. The van der Waals surface area contributed by atoms with Crippen molar-refractivity contribution >= 4 is 38.8 Å². The fourth-order valence-corrected chi connectivity index (χ4v) is 3.71. The molecular formula is C21H17N3O4S. The van der Waals surface area contributed by atoms with Crippen molar-refractivity contribution in [1.29, 1.82) is 0 Å². The number of fused-ring (bicyclic) bond motifs is 1. The molecule has 0 aliphatic carbocycles. The molecule has 0 saturated carbocycles. The second kappa shape index (κ2) is 8.15. The zero-order chi connectivity index (χ0) is 20.2. The zero-order valence-corrected chi connectivity index (χ0v) is 16.6. The number of furan rings is 1. The number of hydrogen-bond acceptors (Lipinski definition) is 7. The number of aromatic nitrogens is 1. The minimum atomic E-state index is -0.400. The number of carbonyl (C=O) groups is 1. The molecule has 0 unspecified atom stereocenters. The van der Waals surface area contributed by atoms with Crippen LogP contribution in [0.25, 0.3) is 10.2 Å². The SMILES string of the molecule is COc1cccc(C(=O)N(/N=C/c2ccco2)c2nc3ccccc3s2)c1OC. The van der Waals surface area contributed by atoms with Gasteiger partial charge in [0.15, 0.2) is 11.5 Å². The van der Waals surface area contributed by atoms with Crippen LogP contribution in [0.4, 0.5) is 5.13 Å². The van der Waals surface area contributed by atoms with E-state index in [0.29, 0.717) is 28.0 Å². The standard InChI is InChI=1S/C21H17N3O4S/c1-26-17-10-5-8-15(19(17)27-2)20(25)24(22-13-14-7-6-12-28-14)21-23-16-9-3-4-11-18(16)29-21/h3-13H,1-2H3/b22-13+. The van der Waals surface area contributed by atoms with Gasteiger partial charge in [0.2, 0.25) is 5.13 Å². The molecule has 2 aromatic carbocycles. The van der Waals surface area contributed by atoms with Crippen molar-refractivity contribution < 1.29 is 18.7 Å². The Labute approximate surface area is 170 Å². The normalized spacial score (nSPS) is 11.1. The molecule has 8 heteroatoms. The van der Waals surface area contributed by atoms with Crippen LogP contribution in [-0.2, 0) is 0 Å². The Hall–Kier alpha value is -3.65. The van der Waals surface area contributed by atoms with E-state index in [1.54, 1.807) is 30.3 Å². The maximum absolute atomic E-state index is 13.4. The summed E-state index contributed by atoms with van der Waals surface area (Å²) >= 11 is 1.37. The minimum absolute atomic E-state index is 0.308. The van der Waals surface area contributed by atoms with Gasteiger partial charge in [-0.2, -0.15) is 10.1 Å². The van der Waals surface area contributed by atoms with Crippen LogP contribution in [0.2, 0.25) is 0 Å². The summed E-state index contributed by atoms with van der Waals surface area (Å²) in [4.78, 5) is 18.0. The average Bonchev–Trinajstić information content (AvgIpc) is 3.42. The van der Waals surface area contributed by atoms with Crippen molar-refractivity contribution in [2.75, 3.05) is 19.2 Å². The van der Waals surface area contributed by atoms with E-state index in [0.717, 1.165) is 10.2 Å². The van der Waals surface area contributed by atoms with E-state index in [2.05, 4.69) is 10.1 Å². The number of thiazole rings is 1. The molecule has 1 amide bonds. The zero-order valence-electron chi connectivity index (χ0n) is 15.7. The summed E-state index contributed by atoms with van der Waals surface area (Å²) in [6, 6.07) is 16.3. The van der Waals surface area contributed by atoms with Crippen LogP contribution in [0, 0.1) is 0 Å². The second-order valence-electron chi connectivity index (χ2n) is 5.88. The van der Waals surface area contributed by atoms with Crippen LogP contribution in [0.5, 0.6) is 11.5 Å². The van der Waals surface area contributed by atoms with Crippen molar-refractivity contribution in [3.63, 3.8) is 0 Å². The molecule has 7 nitrogen and oxygen atoms in total. The van der Waals surface area contributed by atoms with Gasteiger partial charge in [0.1, 0.15) is 5.76 Å². The molecule has 0 fully saturated rings. The molecule has 4 rings (SSSR count). The second-order valence-corrected chi connectivity index (χ2v) is 6.89. The smallest absolute Gasteiger partial charge is 0.284 e. The first-order valence-electron chi connectivity index (χ1n) is 8.69. The summed E-state index contributed by atoms with van der Waals surface area (Å²) in [5.74, 6) is 0.904. The number of ether oxygens (including phenoxy) is 2. The van der Waals surface area contributed by atoms with Gasteiger partial charge >= 0.3 is 0 Å². The van der Waals surface area contributed by atoms with Gasteiger partial charge in [0.25, 0.3) is 5.91 Å². The molecular weight excluding hydrogens is 390 g/mol. The van der Waals surface area contributed by atoms with E-state index < -0.39 is 5.91 Å². The molecule has 0 saturated heterocycles. The van der Waals surface area contributed by atoms with E-state index in [9.17, 15) is 4.79 Å². The van der Waals surface area contributed by atoms with Gasteiger partial charge in [-0.1, -0.05) is 29.5 Å². The lowest BCUT2D eigenvalue weighted by atomic mass is 10.1. The molecule has 2 heterocycles. The quantitative estimate of drug-likeness (QED) is 0.345. The van der Waals surface area contributed by atoms with Crippen molar-refractivity contribution in [3.8, 4) is 11.5 Å². The number of rotatable bonds is 6. The van der Waals surface area contributed by atoms with Gasteiger partial charge < -0.3 is 13.9 Å². The lowest BCUT2D eigenvalue weighted by Crippen LogP contribution is -2.26. The van der Waals surface area contributed by atoms with Crippen LogP contribution in [0.1, 0.15) is 16.1 Å². The predicted molar refractivity (Wildman–Crippen MR) is 112 cm³/mol. The Morgan fingerprint density at radius 2 is 1.97 bits per heavy atom. The van der Waals surface area contributed by atoms with Crippen molar-refractivity contribution in [3.05, 3.63) is 72.2 Å². The third kappa shape index (κ3) is 3.70. The molecule has 0 aliphatic heterocycles. The van der Waals surface area contributed by atoms with Gasteiger partial charge in [-0.3, -0.25) is 4.79 Å². The molecule has 4 aromatic rings. The summed E-state index contributed by atoms with van der Waals surface area (Å²) in [7, 11) is 3.01. The Morgan fingerprint density at radius 3 is 2.69 bits per heavy atom. The highest BCUT2D eigenvalue weighted by molar-refractivity contribution is 7.22. The van der Waals surface area contributed by atoms with Gasteiger partial charge in [0, 0.05) is 0 Å². The topological polar surface area (TPSA) is 77.2 Å². The fraction of sp³-hybridized carbons (Fsp3) is 0.0952. The largest absolute Gasteiger partial charge is 0.493 e. The van der Waals surface area contributed by atoms with Crippen molar-refractivity contribution in [2.45, 2.75) is 0 Å². The number of methoxy groups -OCH3 is 2. The average molecular weight is 407 g/mol. The third-order valence-corrected chi connectivity index (χ3v) is 5.15. The first kappa shape index (κ1) is 18.7. The number of nitrogens with zero attached hydrogens (tertiary/aromatic N) is 3. The van der Waals surface area contributed by atoms with E-state index in [1.807, 2.05) is 24.3 Å². The lowest BCUT2D eigenvalue weighted by Gasteiger charge is -2.17.